The van der Waals surface area contributed by atoms with Gasteiger partial charge in [-0.15, -0.1) is 0 Å². The average Bonchev–Trinajstić information content (AvgIpc) is 2.76. The molecule has 0 bridgehead atoms. The molecule has 112 valence electrons. The number of aromatic nitrogens is 1. The van der Waals surface area contributed by atoms with Gasteiger partial charge in [0.25, 0.3) is 0 Å². The lowest BCUT2D eigenvalue weighted by atomic mass is 10.0. The predicted octanol–water partition coefficient (Wildman–Crippen LogP) is 2.95. The van der Waals surface area contributed by atoms with Crippen molar-refractivity contribution in [2.45, 2.75) is 19.6 Å². The lowest BCUT2D eigenvalue weighted by Crippen LogP contribution is -2.17. The number of nitrogens with one attached hydrogen (secondary N) is 1. The van der Waals surface area contributed by atoms with Crippen LogP contribution in [0.15, 0.2) is 48.5 Å². The number of hydrogen-bond acceptors (Lipinski definition) is 2. The quantitative estimate of drug-likeness (QED) is 0.762. The molecule has 0 aliphatic carbocycles. The molecule has 3 nitrogen and oxygen atoms in total. The molecule has 2 aromatic carbocycles. The molecule has 4 rings (SSSR count). The van der Waals surface area contributed by atoms with E-state index in [1.165, 1.54) is 27.7 Å². The van der Waals surface area contributed by atoms with E-state index >= 15 is 0 Å². The summed E-state index contributed by atoms with van der Waals surface area (Å²) in [4.78, 5) is 0. The van der Waals surface area contributed by atoms with E-state index in [-0.39, 0.29) is 6.61 Å². The van der Waals surface area contributed by atoms with Crippen LogP contribution in [0.1, 0.15) is 11.3 Å². The number of fused-ring (bicyclic) bond motifs is 3. The second-order valence-electron chi connectivity index (χ2n) is 5.89. The van der Waals surface area contributed by atoms with E-state index in [1.54, 1.807) is 0 Å². The SMILES string of the molecule is OCc1cccc(-c2cccc3cc4n(c23)CCNCC4)c1. The summed E-state index contributed by atoms with van der Waals surface area (Å²) in [7, 11) is 0. The third kappa shape index (κ3) is 2.23. The molecule has 1 aromatic heterocycles. The molecule has 1 aliphatic rings. The van der Waals surface area contributed by atoms with Crippen LogP contribution in [0.3, 0.4) is 0 Å². The molecular formula is C19H20N2O. The summed E-state index contributed by atoms with van der Waals surface area (Å²) in [6.07, 6.45) is 1.07. The van der Waals surface area contributed by atoms with Crippen molar-refractivity contribution in [3.63, 3.8) is 0 Å². The summed E-state index contributed by atoms with van der Waals surface area (Å²) in [6, 6.07) is 17.0. The van der Waals surface area contributed by atoms with Crippen molar-refractivity contribution < 1.29 is 5.11 Å². The first-order valence-corrected chi connectivity index (χ1v) is 7.89. The van der Waals surface area contributed by atoms with Crippen molar-refractivity contribution in [1.29, 1.82) is 0 Å². The lowest BCUT2D eigenvalue weighted by Gasteiger charge is -2.11. The number of aliphatic hydroxyl groups is 1. The van der Waals surface area contributed by atoms with Crippen LogP contribution in [-0.4, -0.2) is 22.8 Å². The molecule has 0 fully saturated rings. The van der Waals surface area contributed by atoms with Gasteiger partial charge in [0, 0.05) is 42.7 Å². The van der Waals surface area contributed by atoms with Gasteiger partial charge < -0.3 is 15.0 Å². The van der Waals surface area contributed by atoms with Crippen LogP contribution in [0.4, 0.5) is 0 Å². The molecular weight excluding hydrogens is 272 g/mol. The molecule has 0 amide bonds. The standard InChI is InChI=1S/C19H20N2O/c22-13-14-3-1-4-15(11-14)18-6-2-5-16-12-17-7-8-20-9-10-21(17)19(16)18/h1-6,11-12,20,22H,7-10,13H2. The number of aliphatic hydroxyl groups excluding tert-OH is 1. The molecule has 0 saturated heterocycles. The highest BCUT2D eigenvalue weighted by Crippen LogP contribution is 2.32. The highest BCUT2D eigenvalue weighted by Gasteiger charge is 2.15. The number of rotatable bonds is 2. The number of hydrogen-bond donors (Lipinski definition) is 2. The maximum absolute atomic E-state index is 9.40. The van der Waals surface area contributed by atoms with E-state index in [0.29, 0.717) is 0 Å². The summed E-state index contributed by atoms with van der Waals surface area (Å²) >= 11 is 0. The summed E-state index contributed by atoms with van der Waals surface area (Å²) in [5.41, 5.74) is 6.11. The Labute approximate surface area is 130 Å². The largest absolute Gasteiger partial charge is 0.392 e. The predicted molar refractivity (Wildman–Crippen MR) is 89.9 cm³/mol. The Hall–Kier alpha value is -2.10. The average molecular weight is 292 g/mol. The van der Waals surface area contributed by atoms with Gasteiger partial charge in [-0.25, -0.2) is 0 Å². The van der Waals surface area contributed by atoms with Crippen LogP contribution >= 0.6 is 0 Å². The Bertz CT molecular complexity index is 819. The normalized spacial score (nSPS) is 14.8. The van der Waals surface area contributed by atoms with Gasteiger partial charge in [0.1, 0.15) is 0 Å². The first kappa shape index (κ1) is 13.6. The lowest BCUT2D eigenvalue weighted by molar-refractivity contribution is 0.282. The smallest absolute Gasteiger partial charge is 0.0682 e. The third-order valence-corrected chi connectivity index (χ3v) is 4.50. The summed E-state index contributed by atoms with van der Waals surface area (Å²) in [5.74, 6) is 0. The maximum Gasteiger partial charge on any atom is 0.0682 e. The number of para-hydroxylation sites is 1. The zero-order valence-corrected chi connectivity index (χ0v) is 12.5. The van der Waals surface area contributed by atoms with Crippen LogP contribution in [-0.2, 0) is 19.6 Å². The fourth-order valence-electron chi connectivity index (χ4n) is 3.45. The van der Waals surface area contributed by atoms with Crippen molar-refractivity contribution in [2.24, 2.45) is 0 Å². The summed E-state index contributed by atoms with van der Waals surface area (Å²) in [5, 5.41) is 14.2. The van der Waals surface area contributed by atoms with Gasteiger partial charge in [-0.05, 0) is 23.3 Å². The van der Waals surface area contributed by atoms with Crippen LogP contribution in [0.25, 0.3) is 22.0 Å². The van der Waals surface area contributed by atoms with E-state index in [1.807, 2.05) is 12.1 Å². The molecule has 0 unspecified atom stereocenters. The first-order valence-electron chi connectivity index (χ1n) is 7.89. The minimum atomic E-state index is 0.0833. The fourth-order valence-corrected chi connectivity index (χ4v) is 3.45. The van der Waals surface area contributed by atoms with Gasteiger partial charge in [-0.1, -0.05) is 36.4 Å². The van der Waals surface area contributed by atoms with Crippen LogP contribution in [0, 0.1) is 0 Å². The summed E-state index contributed by atoms with van der Waals surface area (Å²) < 4.78 is 2.45. The molecule has 0 atom stereocenters. The van der Waals surface area contributed by atoms with E-state index in [0.717, 1.165) is 31.6 Å². The first-order chi connectivity index (χ1) is 10.9. The monoisotopic (exact) mass is 292 g/mol. The molecule has 3 heteroatoms. The molecule has 0 spiro atoms. The summed E-state index contributed by atoms with van der Waals surface area (Å²) in [6.45, 7) is 3.16. The number of nitrogens with zero attached hydrogens (tertiary/aromatic N) is 1. The van der Waals surface area contributed by atoms with E-state index < -0.39 is 0 Å². The van der Waals surface area contributed by atoms with Crippen molar-refractivity contribution >= 4 is 10.9 Å². The van der Waals surface area contributed by atoms with Crippen molar-refractivity contribution in [2.75, 3.05) is 13.1 Å². The second-order valence-corrected chi connectivity index (χ2v) is 5.89. The Morgan fingerprint density at radius 2 is 1.95 bits per heavy atom. The fraction of sp³-hybridized carbons (Fsp3) is 0.263. The molecule has 2 heterocycles. The van der Waals surface area contributed by atoms with Crippen molar-refractivity contribution in [1.82, 2.24) is 9.88 Å². The Kier molecular flexibility index (Phi) is 3.45. The molecule has 1 aliphatic heterocycles. The topological polar surface area (TPSA) is 37.2 Å². The Morgan fingerprint density at radius 1 is 1.05 bits per heavy atom. The zero-order chi connectivity index (χ0) is 14.9. The highest BCUT2D eigenvalue weighted by atomic mass is 16.3. The maximum atomic E-state index is 9.40. The van der Waals surface area contributed by atoms with Crippen LogP contribution < -0.4 is 5.32 Å². The van der Waals surface area contributed by atoms with Gasteiger partial charge in [-0.2, -0.15) is 0 Å². The second kappa shape index (κ2) is 5.59. The molecule has 22 heavy (non-hydrogen) atoms. The molecule has 3 aromatic rings. The zero-order valence-electron chi connectivity index (χ0n) is 12.5. The van der Waals surface area contributed by atoms with Gasteiger partial charge in [0.2, 0.25) is 0 Å². The minimum absolute atomic E-state index is 0.0833. The van der Waals surface area contributed by atoms with Gasteiger partial charge in [0.05, 0.1) is 12.1 Å². The van der Waals surface area contributed by atoms with E-state index in [4.69, 9.17) is 0 Å². The van der Waals surface area contributed by atoms with Gasteiger partial charge in [0.15, 0.2) is 0 Å². The van der Waals surface area contributed by atoms with E-state index in [9.17, 15) is 5.11 Å². The molecule has 0 radical (unpaired) electrons. The Morgan fingerprint density at radius 3 is 2.86 bits per heavy atom. The van der Waals surface area contributed by atoms with Gasteiger partial charge in [-0.3, -0.25) is 0 Å². The van der Waals surface area contributed by atoms with Crippen molar-refractivity contribution in [3.8, 4) is 11.1 Å². The molecule has 0 saturated carbocycles. The van der Waals surface area contributed by atoms with Crippen LogP contribution in [0.5, 0.6) is 0 Å². The highest BCUT2D eigenvalue weighted by molar-refractivity contribution is 5.95. The third-order valence-electron chi connectivity index (χ3n) is 4.50. The minimum Gasteiger partial charge on any atom is -0.392 e. The van der Waals surface area contributed by atoms with E-state index in [2.05, 4.69) is 46.3 Å². The van der Waals surface area contributed by atoms with Gasteiger partial charge >= 0.3 is 0 Å². The molecule has 2 N–H and O–H groups in total. The number of benzene rings is 2. The Balaban J connectivity index is 1.95. The van der Waals surface area contributed by atoms with Crippen molar-refractivity contribution in [3.05, 3.63) is 59.8 Å². The van der Waals surface area contributed by atoms with Crippen LogP contribution in [0.2, 0.25) is 0 Å².